The Morgan fingerprint density at radius 1 is 1.00 bits per heavy atom. The number of ether oxygens (including phenoxy) is 2. The van der Waals surface area contributed by atoms with Gasteiger partial charge in [0.15, 0.2) is 5.78 Å². The van der Waals surface area contributed by atoms with Crippen LogP contribution in [0.2, 0.25) is 0 Å². The summed E-state index contributed by atoms with van der Waals surface area (Å²) in [5.74, 6) is -0.157. The zero-order valence-corrected chi connectivity index (χ0v) is 12.2. The summed E-state index contributed by atoms with van der Waals surface area (Å²) in [7, 11) is 3.25. The SMILES string of the molecule is COC.O=C(c1ccccc1)C(OCO)c1ccccc1. The zero-order valence-electron chi connectivity index (χ0n) is 12.2. The molecule has 4 nitrogen and oxygen atoms in total. The van der Waals surface area contributed by atoms with Gasteiger partial charge >= 0.3 is 0 Å². The molecule has 0 aliphatic heterocycles. The van der Waals surface area contributed by atoms with Gasteiger partial charge in [-0.05, 0) is 5.56 Å². The van der Waals surface area contributed by atoms with Gasteiger partial charge in [-0.25, -0.2) is 0 Å². The van der Waals surface area contributed by atoms with E-state index in [1.54, 1.807) is 50.6 Å². The van der Waals surface area contributed by atoms with Crippen molar-refractivity contribution in [1.82, 2.24) is 0 Å². The predicted molar refractivity (Wildman–Crippen MR) is 81.1 cm³/mol. The molecule has 2 aromatic rings. The maximum absolute atomic E-state index is 12.3. The molecule has 112 valence electrons. The van der Waals surface area contributed by atoms with E-state index in [1.807, 2.05) is 24.3 Å². The van der Waals surface area contributed by atoms with E-state index in [0.29, 0.717) is 5.56 Å². The number of hydrogen-bond donors (Lipinski definition) is 1. The van der Waals surface area contributed by atoms with Crippen LogP contribution in [0.15, 0.2) is 60.7 Å². The van der Waals surface area contributed by atoms with Crippen LogP contribution in [0.3, 0.4) is 0 Å². The van der Waals surface area contributed by atoms with Crippen molar-refractivity contribution in [1.29, 1.82) is 0 Å². The zero-order chi connectivity index (χ0) is 15.5. The second-order valence-corrected chi connectivity index (χ2v) is 4.23. The van der Waals surface area contributed by atoms with Gasteiger partial charge in [-0.1, -0.05) is 60.7 Å². The molecular formula is C17H20O4. The van der Waals surface area contributed by atoms with E-state index in [0.717, 1.165) is 5.56 Å². The summed E-state index contributed by atoms with van der Waals surface area (Å²) < 4.78 is 9.40. The number of aliphatic hydroxyl groups is 1. The van der Waals surface area contributed by atoms with Gasteiger partial charge in [0.25, 0.3) is 0 Å². The molecule has 0 bridgehead atoms. The Labute approximate surface area is 125 Å². The van der Waals surface area contributed by atoms with Gasteiger partial charge in [0.05, 0.1) is 0 Å². The Bertz CT molecular complexity index is 511. The predicted octanol–water partition coefficient (Wildman–Crippen LogP) is 2.84. The van der Waals surface area contributed by atoms with Crippen molar-refractivity contribution in [3.05, 3.63) is 71.8 Å². The molecule has 1 N–H and O–H groups in total. The van der Waals surface area contributed by atoms with Crippen LogP contribution in [-0.2, 0) is 9.47 Å². The molecule has 0 amide bonds. The van der Waals surface area contributed by atoms with E-state index >= 15 is 0 Å². The molecule has 21 heavy (non-hydrogen) atoms. The standard InChI is InChI=1S/C15H14O3.C2H6O/c16-11-18-15(13-9-5-2-6-10-13)14(17)12-7-3-1-4-8-12;1-3-2/h1-10,15-16H,11H2;1-2H3. The van der Waals surface area contributed by atoms with Crippen LogP contribution in [-0.4, -0.2) is 31.9 Å². The molecule has 0 saturated heterocycles. The van der Waals surface area contributed by atoms with Crippen molar-refractivity contribution < 1.29 is 19.4 Å². The first kappa shape index (κ1) is 17.0. The second kappa shape index (κ2) is 9.83. The first-order valence-electron chi connectivity index (χ1n) is 6.51. The average Bonchev–Trinajstić information content (AvgIpc) is 2.54. The van der Waals surface area contributed by atoms with E-state index in [-0.39, 0.29) is 5.78 Å². The molecule has 0 heterocycles. The fourth-order valence-corrected chi connectivity index (χ4v) is 1.78. The highest BCUT2D eigenvalue weighted by atomic mass is 16.6. The summed E-state index contributed by atoms with van der Waals surface area (Å²) >= 11 is 0. The maximum Gasteiger partial charge on any atom is 0.196 e. The highest BCUT2D eigenvalue weighted by Gasteiger charge is 2.22. The van der Waals surface area contributed by atoms with Crippen molar-refractivity contribution in [3.63, 3.8) is 0 Å². The molecule has 0 aliphatic carbocycles. The molecular weight excluding hydrogens is 268 g/mol. The smallest absolute Gasteiger partial charge is 0.196 e. The minimum Gasteiger partial charge on any atom is -0.388 e. The second-order valence-electron chi connectivity index (χ2n) is 4.23. The molecule has 0 radical (unpaired) electrons. The van der Waals surface area contributed by atoms with Crippen LogP contribution in [0.4, 0.5) is 0 Å². The third-order valence-corrected chi connectivity index (χ3v) is 2.64. The quantitative estimate of drug-likeness (QED) is 0.679. The van der Waals surface area contributed by atoms with Crippen LogP contribution in [0, 0.1) is 0 Å². The number of carbonyl (C=O) groups is 1. The van der Waals surface area contributed by atoms with Gasteiger partial charge < -0.3 is 14.6 Å². The molecule has 2 aromatic carbocycles. The van der Waals surface area contributed by atoms with Crippen molar-refractivity contribution in [2.45, 2.75) is 6.10 Å². The normalized spacial score (nSPS) is 11.2. The Balaban J connectivity index is 0.000000677. The Kier molecular flexibility index (Phi) is 7.97. The molecule has 1 unspecified atom stereocenters. The Morgan fingerprint density at radius 3 is 1.95 bits per heavy atom. The minimum absolute atomic E-state index is 0.157. The van der Waals surface area contributed by atoms with Crippen LogP contribution in [0.1, 0.15) is 22.0 Å². The minimum atomic E-state index is -0.765. The fraction of sp³-hybridized carbons (Fsp3) is 0.235. The molecule has 0 saturated carbocycles. The lowest BCUT2D eigenvalue weighted by molar-refractivity contribution is -0.0395. The number of methoxy groups -OCH3 is 1. The molecule has 0 fully saturated rings. The van der Waals surface area contributed by atoms with Gasteiger partial charge in [0.2, 0.25) is 0 Å². The maximum atomic E-state index is 12.3. The molecule has 2 rings (SSSR count). The fourth-order valence-electron chi connectivity index (χ4n) is 1.78. The molecule has 1 atom stereocenters. The van der Waals surface area contributed by atoms with E-state index < -0.39 is 12.9 Å². The third-order valence-electron chi connectivity index (χ3n) is 2.64. The summed E-state index contributed by atoms with van der Waals surface area (Å²) in [6, 6.07) is 18.1. The largest absolute Gasteiger partial charge is 0.388 e. The summed E-state index contributed by atoms with van der Waals surface area (Å²) in [5, 5.41) is 8.92. The lowest BCUT2D eigenvalue weighted by atomic mass is 10.00. The van der Waals surface area contributed by atoms with Crippen molar-refractivity contribution in [2.24, 2.45) is 0 Å². The molecule has 0 aromatic heterocycles. The van der Waals surface area contributed by atoms with Crippen molar-refractivity contribution in [2.75, 3.05) is 21.0 Å². The van der Waals surface area contributed by atoms with Crippen LogP contribution < -0.4 is 0 Å². The van der Waals surface area contributed by atoms with Crippen LogP contribution in [0.5, 0.6) is 0 Å². The van der Waals surface area contributed by atoms with Gasteiger partial charge in [0, 0.05) is 19.8 Å². The van der Waals surface area contributed by atoms with Gasteiger partial charge in [-0.3, -0.25) is 4.79 Å². The van der Waals surface area contributed by atoms with Gasteiger partial charge in [-0.2, -0.15) is 0 Å². The number of rotatable bonds is 5. The van der Waals surface area contributed by atoms with Gasteiger partial charge in [0.1, 0.15) is 12.9 Å². The third kappa shape index (κ3) is 5.47. The highest BCUT2D eigenvalue weighted by molar-refractivity contribution is 6.00. The molecule has 0 spiro atoms. The topological polar surface area (TPSA) is 55.8 Å². The Morgan fingerprint density at radius 2 is 1.48 bits per heavy atom. The number of hydrogen-bond acceptors (Lipinski definition) is 4. The summed E-state index contributed by atoms with van der Waals surface area (Å²) in [4.78, 5) is 12.3. The van der Waals surface area contributed by atoms with Crippen LogP contribution >= 0.6 is 0 Å². The van der Waals surface area contributed by atoms with E-state index in [4.69, 9.17) is 9.84 Å². The van der Waals surface area contributed by atoms with E-state index in [2.05, 4.69) is 4.74 Å². The lowest BCUT2D eigenvalue weighted by Gasteiger charge is -2.15. The summed E-state index contributed by atoms with van der Waals surface area (Å²) in [6.07, 6.45) is -0.765. The van der Waals surface area contributed by atoms with Crippen LogP contribution in [0.25, 0.3) is 0 Å². The number of Topliss-reactive ketones (excluding diaryl/α,β-unsaturated/α-hetero) is 1. The highest BCUT2D eigenvalue weighted by Crippen LogP contribution is 2.21. The van der Waals surface area contributed by atoms with Gasteiger partial charge in [-0.15, -0.1) is 0 Å². The molecule has 4 heteroatoms. The number of carbonyl (C=O) groups excluding carboxylic acids is 1. The van der Waals surface area contributed by atoms with E-state index in [9.17, 15) is 4.79 Å². The molecule has 0 aliphatic rings. The number of benzene rings is 2. The number of aliphatic hydroxyl groups excluding tert-OH is 1. The summed E-state index contributed by atoms with van der Waals surface area (Å²) in [6.45, 7) is -0.488. The lowest BCUT2D eigenvalue weighted by Crippen LogP contribution is -2.17. The average molecular weight is 288 g/mol. The Hall–Kier alpha value is -2.01. The van der Waals surface area contributed by atoms with Crippen molar-refractivity contribution in [3.8, 4) is 0 Å². The first-order chi connectivity index (χ1) is 10.2. The monoisotopic (exact) mass is 288 g/mol. The van der Waals surface area contributed by atoms with Crippen molar-refractivity contribution >= 4 is 5.78 Å². The van der Waals surface area contributed by atoms with E-state index in [1.165, 1.54) is 0 Å². The number of ketones is 1. The first-order valence-corrected chi connectivity index (χ1v) is 6.51. The summed E-state index contributed by atoms with van der Waals surface area (Å²) in [5.41, 5.74) is 1.31.